The molecule has 0 radical (unpaired) electrons. The van der Waals surface area contributed by atoms with Gasteiger partial charge in [0.1, 0.15) is 0 Å². The van der Waals surface area contributed by atoms with Gasteiger partial charge in [-0.25, -0.2) is 0 Å². The maximum Gasteiger partial charge on any atom is 0.269 e. The van der Waals surface area contributed by atoms with Crippen LogP contribution in [0.4, 0.5) is 0 Å². The van der Waals surface area contributed by atoms with Gasteiger partial charge >= 0.3 is 0 Å². The molecule has 2 unspecified atom stereocenters. The van der Waals surface area contributed by atoms with Gasteiger partial charge in [0.05, 0.1) is 17.5 Å². The summed E-state index contributed by atoms with van der Waals surface area (Å²) in [7, 11) is 0. The summed E-state index contributed by atoms with van der Waals surface area (Å²) in [5.41, 5.74) is 10.8. The molecular weight excluding hydrogens is 384 g/mol. The number of rotatable bonds is 4. The summed E-state index contributed by atoms with van der Waals surface area (Å²) >= 11 is 5.03. The van der Waals surface area contributed by atoms with Crippen molar-refractivity contribution in [2.75, 3.05) is 0 Å². The molecule has 2 rings (SSSR count). The zero-order valence-electron chi connectivity index (χ0n) is 13.4. The summed E-state index contributed by atoms with van der Waals surface area (Å²) in [6.07, 6.45) is 0.596. The summed E-state index contributed by atoms with van der Waals surface area (Å²) in [4.78, 5) is 45.2. The Hall–Kier alpha value is -2.34. The third-order valence-electron chi connectivity index (χ3n) is 4.09. The van der Waals surface area contributed by atoms with Crippen LogP contribution >= 0.6 is 24.4 Å². The van der Waals surface area contributed by atoms with Gasteiger partial charge in [-0.05, 0) is 36.2 Å². The smallest absolute Gasteiger partial charge is 0.269 e. The lowest BCUT2D eigenvalue weighted by Gasteiger charge is -2.17. The highest BCUT2D eigenvalue weighted by Gasteiger charge is 2.36. The topological polar surface area (TPSA) is 172 Å². The second-order valence-electron chi connectivity index (χ2n) is 5.79. The Morgan fingerprint density at radius 2 is 1.85 bits per heavy atom. The van der Waals surface area contributed by atoms with Crippen LogP contribution in [0.25, 0.3) is 0 Å². The molecule has 0 aliphatic carbocycles. The van der Waals surface area contributed by atoms with E-state index in [-0.39, 0.29) is 28.9 Å². The molecule has 2 atom stereocenters. The molecule has 0 spiro atoms. The summed E-state index contributed by atoms with van der Waals surface area (Å²) in [5, 5.41) is 21.3. The van der Waals surface area contributed by atoms with Crippen LogP contribution in [0.2, 0.25) is 0 Å². The molecule has 0 saturated carbocycles. The molecule has 0 aromatic heterocycles. The predicted molar refractivity (Wildman–Crippen MR) is 95.7 cm³/mol. The highest BCUT2D eigenvalue weighted by molar-refractivity contribution is 8.00. The predicted octanol–water partition coefficient (Wildman–Crippen LogP) is 1.24. The minimum atomic E-state index is -1.30. The van der Waals surface area contributed by atoms with Crippen LogP contribution in [0.1, 0.15) is 45.5 Å². The second-order valence-corrected chi connectivity index (χ2v) is 7.42. The normalized spacial score (nSPS) is 20.2. The van der Waals surface area contributed by atoms with Crippen LogP contribution in [-0.2, 0) is 6.42 Å². The highest BCUT2D eigenvalue weighted by Crippen LogP contribution is 2.40. The van der Waals surface area contributed by atoms with E-state index in [9.17, 15) is 29.8 Å². The van der Waals surface area contributed by atoms with E-state index in [4.69, 9.17) is 11.5 Å². The van der Waals surface area contributed by atoms with Crippen molar-refractivity contribution >= 4 is 36.2 Å². The van der Waals surface area contributed by atoms with Crippen LogP contribution in [0.15, 0.2) is 15.9 Å². The van der Waals surface area contributed by atoms with E-state index in [0.717, 1.165) is 11.8 Å². The lowest BCUT2D eigenvalue weighted by atomic mass is 9.98. The lowest BCUT2D eigenvalue weighted by molar-refractivity contribution is -0.547. The molecule has 0 fully saturated rings. The first-order valence-electron chi connectivity index (χ1n) is 7.55. The SMILES string of the molecule is NC(=O)c1cc2c(c(S)c1C(N)=O)SC([N+](=O)[O-])CC([N+](=O)[O-])CCC2. The van der Waals surface area contributed by atoms with Gasteiger partial charge in [-0.3, -0.25) is 29.8 Å². The zero-order chi connectivity index (χ0) is 19.6. The van der Waals surface area contributed by atoms with Crippen molar-refractivity contribution in [3.8, 4) is 0 Å². The number of hydrogen-bond acceptors (Lipinski definition) is 8. The second kappa shape index (κ2) is 7.91. The van der Waals surface area contributed by atoms with Gasteiger partial charge in [0, 0.05) is 26.1 Å². The molecule has 1 heterocycles. The molecular formula is C14H16N4O6S2. The summed E-state index contributed by atoms with van der Waals surface area (Å²) in [6.45, 7) is 0. The van der Waals surface area contributed by atoms with Crippen molar-refractivity contribution in [1.29, 1.82) is 0 Å². The van der Waals surface area contributed by atoms with Crippen molar-refractivity contribution in [2.45, 2.75) is 46.9 Å². The van der Waals surface area contributed by atoms with Gasteiger partial charge in [0.2, 0.25) is 11.9 Å². The Morgan fingerprint density at radius 1 is 1.19 bits per heavy atom. The van der Waals surface area contributed by atoms with Gasteiger partial charge in [-0.15, -0.1) is 12.6 Å². The minimum Gasteiger partial charge on any atom is -0.366 e. The molecule has 10 nitrogen and oxygen atoms in total. The number of thioether (sulfide) groups is 1. The van der Waals surface area contributed by atoms with E-state index in [1.54, 1.807) is 0 Å². The van der Waals surface area contributed by atoms with Crippen LogP contribution in [0, 0.1) is 20.2 Å². The monoisotopic (exact) mass is 400 g/mol. The Morgan fingerprint density at radius 3 is 2.35 bits per heavy atom. The number of nitrogens with zero attached hydrogens (tertiary/aromatic N) is 2. The van der Waals surface area contributed by atoms with Crippen molar-refractivity contribution < 1.29 is 19.4 Å². The molecule has 26 heavy (non-hydrogen) atoms. The summed E-state index contributed by atoms with van der Waals surface area (Å²) < 4.78 is 0. The van der Waals surface area contributed by atoms with E-state index >= 15 is 0 Å². The van der Waals surface area contributed by atoms with E-state index in [1.165, 1.54) is 6.07 Å². The minimum absolute atomic E-state index is 0.0280. The molecule has 1 aliphatic rings. The van der Waals surface area contributed by atoms with Gasteiger partial charge in [-0.2, -0.15) is 0 Å². The third-order valence-corrected chi connectivity index (χ3v) is 6.02. The quantitative estimate of drug-likeness (QED) is 0.387. The molecule has 0 saturated heterocycles. The molecule has 1 aromatic rings. The van der Waals surface area contributed by atoms with Gasteiger partial charge in [0.15, 0.2) is 0 Å². The Labute approximate surface area is 157 Å². The molecule has 1 aliphatic heterocycles. The fraction of sp³-hybridized carbons (Fsp3) is 0.429. The maximum absolute atomic E-state index is 11.7. The number of carbonyl (C=O) groups is 2. The van der Waals surface area contributed by atoms with E-state index in [0.29, 0.717) is 23.3 Å². The molecule has 140 valence electrons. The number of hydrogen-bond donors (Lipinski definition) is 3. The standard InChI is InChI=1S/C14H16N4O6S2/c15-13(19)8-4-6-2-1-3-7(17(21)22)5-9(18(23)24)26-12(6)11(25)10(8)14(16)20/h4,7,9,25H,1-3,5H2,(H2,15,19)(H2,16,20). The Kier molecular flexibility index (Phi) is 6.08. The van der Waals surface area contributed by atoms with Crippen molar-refractivity contribution in [2.24, 2.45) is 11.5 Å². The van der Waals surface area contributed by atoms with Crippen molar-refractivity contribution in [3.63, 3.8) is 0 Å². The number of amides is 2. The molecule has 4 N–H and O–H groups in total. The highest BCUT2D eigenvalue weighted by atomic mass is 32.2. The zero-order valence-corrected chi connectivity index (χ0v) is 15.1. The number of primary amides is 2. The Bertz CT molecular complexity index is 800. The molecule has 12 heteroatoms. The van der Waals surface area contributed by atoms with Crippen molar-refractivity contribution in [3.05, 3.63) is 43.0 Å². The number of fused-ring (bicyclic) bond motifs is 1. The van der Waals surface area contributed by atoms with Crippen LogP contribution < -0.4 is 11.5 Å². The first-order valence-corrected chi connectivity index (χ1v) is 8.88. The number of aryl methyl sites for hydroxylation is 1. The number of nitrogens with two attached hydrogens (primary N) is 2. The number of benzene rings is 1. The van der Waals surface area contributed by atoms with E-state index < -0.39 is 33.1 Å². The average Bonchev–Trinajstić information content (AvgIpc) is 2.62. The number of carbonyl (C=O) groups excluding carboxylic acids is 2. The number of thiol groups is 1. The number of nitro groups is 2. The molecule has 0 bridgehead atoms. The van der Waals surface area contributed by atoms with E-state index in [1.807, 2.05) is 0 Å². The first-order chi connectivity index (χ1) is 12.1. The van der Waals surface area contributed by atoms with Crippen LogP contribution in [0.5, 0.6) is 0 Å². The average molecular weight is 400 g/mol. The van der Waals surface area contributed by atoms with Crippen molar-refractivity contribution in [1.82, 2.24) is 0 Å². The summed E-state index contributed by atoms with van der Waals surface area (Å²) in [5.74, 6) is -1.82. The lowest BCUT2D eigenvalue weighted by Crippen LogP contribution is -2.28. The molecule has 1 aromatic carbocycles. The first kappa shape index (κ1) is 20.0. The largest absolute Gasteiger partial charge is 0.366 e. The summed E-state index contributed by atoms with van der Waals surface area (Å²) in [6, 6.07) is 0.315. The third kappa shape index (κ3) is 4.07. The fourth-order valence-corrected chi connectivity index (χ4v) is 4.58. The molecule has 2 amide bonds. The maximum atomic E-state index is 11.7. The Balaban J connectivity index is 2.62. The van der Waals surface area contributed by atoms with E-state index in [2.05, 4.69) is 12.6 Å². The van der Waals surface area contributed by atoms with Crippen LogP contribution in [0.3, 0.4) is 0 Å². The van der Waals surface area contributed by atoms with Gasteiger partial charge < -0.3 is 11.5 Å². The van der Waals surface area contributed by atoms with Crippen LogP contribution in [-0.4, -0.2) is 33.1 Å². The van der Waals surface area contributed by atoms with Gasteiger partial charge in [-0.1, -0.05) is 0 Å². The fourth-order valence-electron chi connectivity index (χ4n) is 2.85. The van der Waals surface area contributed by atoms with Gasteiger partial charge in [0.25, 0.3) is 11.3 Å².